The molecule has 6 aromatic carbocycles. The first-order chi connectivity index (χ1) is 19.2. The van der Waals surface area contributed by atoms with E-state index in [-0.39, 0.29) is 0 Å². The highest BCUT2D eigenvalue weighted by molar-refractivity contribution is 7.26. The van der Waals surface area contributed by atoms with E-state index in [1.807, 2.05) is 17.5 Å². The minimum Gasteiger partial charge on any atom is -0.252 e. The fraction of sp³-hybridized carbons (Fsp3) is 0.0556. The topological polar surface area (TPSA) is 25.8 Å². The smallest absolute Gasteiger partial charge is 0.0979 e. The van der Waals surface area contributed by atoms with Crippen molar-refractivity contribution in [3.63, 3.8) is 0 Å². The molecule has 0 amide bonds. The zero-order valence-electron chi connectivity index (χ0n) is 21.7. The highest BCUT2D eigenvalue weighted by atomic mass is 32.1. The van der Waals surface area contributed by atoms with E-state index in [0.29, 0.717) is 0 Å². The molecule has 0 aliphatic rings. The van der Waals surface area contributed by atoms with Crippen LogP contribution in [0.4, 0.5) is 0 Å². The average molecular weight is 517 g/mol. The molecule has 2 nitrogen and oxygen atoms in total. The normalized spacial score (nSPS) is 11.8. The molecule has 39 heavy (non-hydrogen) atoms. The van der Waals surface area contributed by atoms with E-state index in [4.69, 9.17) is 9.97 Å². The lowest BCUT2D eigenvalue weighted by Gasteiger charge is -2.11. The summed E-state index contributed by atoms with van der Waals surface area (Å²) in [5.41, 5.74) is 8.98. The molecule has 0 saturated heterocycles. The van der Waals surface area contributed by atoms with Crippen molar-refractivity contribution in [1.82, 2.24) is 9.97 Å². The lowest BCUT2D eigenvalue weighted by molar-refractivity contribution is 1.31. The highest BCUT2D eigenvalue weighted by Crippen LogP contribution is 2.40. The molecule has 0 spiro atoms. The summed E-state index contributed by atoms with van der Waals surface area (Å²) >= 11 is 1.91. The van der Waals surface area contributed by atoms with Gasteiger partial charge in [-0.1, -0.05) is 91.0 Å². The van der Waals surface area contributed by atoms with Crippen LogP contribution in [-0.4, -0.2) is 9.97 Å². The summed E-state index contributed by atoms with van der Waals surface area (Å²) < 4.78 is 2.77. The predicted octanol–water partition coefficient (Wildman–Crippen LogP) is 10.3. The van der Waals surface area contributed by atoms with Crippen LogP contribution in [0, 0.1) is 13.8 Å². The molecule has 2 heterocycles. The second-order valence-electron chi connectivity index (χ2n) is 10.3. The standard InChI is InChI=1S/C36H24N2S/c1-21-8-7-13-30-31-19-25(18-22(2)36(31)39-35(21)30)23-14-16-24(17-15-23)32-20-37-33-28-11-5-3-9-26(28)27-10-4-6-12-29(27)34(33)38-32/h3-20H,1-2H3. The van der Waals surface area contributed by atoms with Crippen LogP contribution in [0.5, 0.6) is 0 Å². The van der Waals surface area contributed by atoms with Gasteiger partial charge in [-0.2, -0.15) is 0 Å². The van der Waals surface area contributed by atoms with E-state index in [1.165, 1.54) is 53.2 Å². The van der Waals surface area contributed by atoms with E-state index in [0.717, 1.165) is 33.1 Å². The Kier molecular flexibility index (Phi) is 4.85. The first-order valence-corrected chi connectivity index (χ1v) is 14.1. The van der Waals surface area contributed by atoms with Crippen LogP contribution in [0.25, 0.3) is 75.1 Å². The number of nitrogens with zero attached hydrogens (tertiary/aromatic N) is 2. The lowest BCUT2D eigenvalue weighted by Crippen LogP contribution is -1.92. The monoisotopic (exact) mass is 516 g/mol. The molecule has 0 aliphatic carbocycles. The SMILES string of the molecule is Cc1cccc2c1sc1c(C)cc(-c3ccc(-c4cnc5c6ccccc6c6ccccc6c5n4)cc3)cc12. The third-order valence-electron chi connectivity index (χ3n) is 7.92. The quantitative estimate of drug-likeness (QED) is 0.214. The Bertz CT molecular complexity index is 2210. The molecule has 8 rings (SSSR count). The molecule has 2 aromatic heterocycles. The second-order valence-corrected chi connectivity index (χ2v) is 11.4. The summed E-state index contributed by atoms with van der Waals surface area (Å²) in [5, 5.41) is 7.40. The fourth-order valence-electron chi connectivity index (χ4n) is 5.97. The van der Waals surface area contributed by atoms with Crippen LogP contribution in [-0.2, 0) is 0 Å². The molecule has 8 aromatic rings. The molecular formula is C36H24N2S. The first-order valence-electron chi connectivity index (χ1n) is 13.3. The molecule has 0 bridgehead atoms. The molecule has 0 unspecified atom stereocenters. The number of aromatic nitrogens is 2. The maximum absolute atomic E-state index is 5.16. The maximum Gasteiger partial charge on any atom is 0.0979 e. The molecule has 184 valence electrons. The van der Waals surface area contributed by atoms with E-state index < -0.39 is 0 Å². The van der Waals surface area contributed by atoms with Gasteiger partial charge in [-0.05, 0) is 59.0 Å². The third kappa shape index (κ3) is 3.40. The van der Waals surface area contributed by atoms with Gasteiger partial charge < -0.3 is 0 Å². The summed E-state index contributed by atoms with van der Waals surface area (Å²) in [6.07, 6.45) is 1.91. The highest BCUT2D eigenvalue weighted by Gasteiger charge is 2.14. The first kappa shape index (κ1) is 22.4. The van der Waals surface area contributed by atoms with Gasteiger partial charge in [-0.3, -0.25) is 4.98 Å². The van der Waals surface area contributed by atoms with Crippen molar-refractivity contribution in [3.8, 4) is 22.4 Å². The average Bonchev–Trinajstić information content (AvgIpc) is 3.38. The van der Waals surface area contributed by atoms with Crippen molar-refractivity contribution in [2.24, 2.45) is 0 Å². The van der Waals surface area contributed by atoms with Crippen molar-refractivity contribution < 1.29 is 0 Å². The van der Waals surface area contributed by atoms with Gasteiger partial charge in [0.25, 0.3) is 0 Å². The van der Waals surface area contributed by atoms with Gasteiger partial charge in [0.15, 0.2) is 0 Å². The van der Waals surface area contributed by atoms with Crippen molar-refractivity contribution in [2.75, 3.05) is 0 Å². The number of aryl methyl sites for hydroxylation is 2. The lowest BCUT2D eigenvalue weighted by atomic mass is 9.98. The molecule has 0 saturated carbocycles. The molecular weight excluding hydrogens is 492 g/mol. The van der Waals surface area contributed by atoms with E-state index in [1.54, 1.807) is 0 Å². The Hall–Kier alpha value is -4.60. The number of hydrogen-bond donors (Lipinski definition) is 0. The molecule has 0 aliphatic heterocycles. The van der Waals surface area contributed by atoms with Crippen LogP contribution >= 0.6 is 11.3 Å². The van der Waals surface area contributed by atoms with Crippen molar-refractivity contribution in [2.45, 2.75) is 13.8 Å². The third-order valence-corrected chi connectivity index (χ3v) is 9.41. The van der Waals surface area contributed by atoms with Crippen LogP contribution in [0.2, 0.25) is 0 Å². The minimum atomic E-state index is 0.889. The Labute approximate surface area is 230 Å². The molecule has 0 radical (unpaired) electrons. The molecule has 3 heteroatoms. The van der Waals surface area contributed by atoms with E-state index in [9.17, 15) is 0 Å². The Morgan fingerprint density at radius 3 is 1.85 bits per heavy atom. The summed E-state index contributed by atoms with van der Waals surface area (Å²) in [5.74, 6) is 0. The van der Waals surface area contributed by atoms with Crippen LogP contribution in [0.3, 0.4) is 0 Å². The summed E-state index contributed by atoms with van der Waals surface area (Å²) in [7, 11) is 0. The summed E-state index contributed by atoms with van der Waals surface area (Å²) in [4.78, 5) is 10.1. The van der Waals surface area contributed by atoms with Gasteiger partial charge in [0.05, 0.1) is 22.9 Å². The van der Waals surface area contributed by atoms with Gasteiger partial charge >= 0.3 is 0 Å². The van der Waals surface area contributed by atoms with Crippen molar-refractivity contribution in [1.29, 1.82) is 0 Å². The molecule has 0 atom stereocenters. The van der Waals surface area contributed by atoms with Crippen molar-refractivity contribution in [3.05, 3.63) is 120 Å². The van der Waals surface area contributed by atoms with Gasteiger partial charge in [-0.15, -0.1) is 11.3 Å². The minimum absolute atomic E-state index is 0.889. The van der Waals surface area contributed by atoms with Crippen LogP contribution < -0.4 is 0 Å². The Balaban J connectivity index is 1.25. The number of thiophene rings is 1. The number of hydrogen-bond acceptors (Lipinski definition) is 3. The van der Waals surface area contributed by atoms with E-state index in [2.05, 4.69) is 117 Å². The largest absolute Gasteiger partial charge is 0.252 e. The predicted molar refractivity (Wildman–Crippen MR) is 168 cm³/mol. The maximum atomic E-state index is 5.16. The number of rotatable bonds is 2. The Morgan fingerprint density at radius 2 is 1.10 bits per heavy atom. The zero-order chi connectivity index (χ0) is 26.1. The van der Waals surface area contributed by atoms with Gasteiger partial charge in [0.2, 0.25) is 0 Å². The van der Waals surface area contributed by atoms with Gasteiger partial charge in [-0.25, -0.2) is 4.98 Å². The summed E-state index contributed by atoms with van der Waals surface area (Å²) in [6, 6.07) is 37.0. The number of benzene rings is 6. The van der Waals surface area contributed by atoms with E-state index >= 15 is 0 Å². The zero-order valence-corrected chi connectivity index (χ0v) is 22.5. The van der Waals surface area contributed by atoms with Crippen molar-refractivity contribution >= 4 is 64.1 Å². The van der Waals surface area contributed by atoms with Gasteiger partial charge in [0, 0.05) is 36.5 Å². The Morgan fingerprint density at radius 1 is 0.487 bits per heavy atom. The molecule has 0 fully saturated rings. The van der Waals surface area contributed by atoms with Gasteiger partial charge in [0.1, 0.15) is 0 Å². The van der Waals surface area contributed by atoms with Crippen LogP contribution in [0.1, 0.15) is 11.1 Å². The summed E-state index contributed by atoms with van der Waals surface area (Å²) in [6.45, 7) is 4.43. The number of fused-ring (bicyclic) bond motifs is 9. The van der Waals surface area contributed by atoms with Crippen LogP contribution in [0.15, 0.2) is 109 Å². The second kappa shape index (κ2) is 8.45. The molecule has 0 N–H and O–H groups in total. The fourth-order valence-corrected chi connectivity index (χ4v) is 7.19.